The van der Waals surface area contributed by atoms with Gasteiger partial charge >= 0.3 is 12.1 Å². The van der Waals surface area contributed by atoms with E-state index >= 15 is 0 Å². The van der Waals surface area contributed by atoms with Crippen LogP contribution in [0.4, 0.5) is 4.79 Å². The third-order valence-corrected chi connectivity index (χ3v) is 5.29. The first-order valence-corrected chi connectivity index (χ1v) is 11.4. The molecule has 2 N–H and O–H groups in total. The van der Waals surface area contributed by atoms with Gasteiger partial charge in [-0.15, -0.1) is 0 Å². The highest BCUT2D eigenvalue weighted by Crippen LogP contribution is 2.35. The van der Waals surface area contributed by atoms with E-state index in [0.717, 1.165) is 18.4 Å². The molecule has 33 heavy (non-hydrogen) atoms. The van der Waals surface area contributed by atoms with E-state index in [-0.39, 0.29) is 18.3 Å². The van der Waals surface area contributed by atoms with Crippen LogP contribution in [0.1, 0.15) is 50.8 Å². The zero-order valence-corrected chi connectivity index (χ0v) is 20.6. The minimum Gasteiger partial charge on any atom is -0.468 e. The highest BCUT2D eigenvalue weighted by molar-refractivity contribution is 7.80. The summed E-state index contributed by atoms with van der Waals surface area (Å²) >= 11 is 4.25. The fourth-order valence-electron chi connectivity index (χ4n) is 3.20. The lowest BCUT2D eigenvalue weighted by atomic mass is 10.0. The number of alkyl carbamates (subject to hydrolysis) is 1. The summed E-state index contributed by atoms with van der Waals surface area (Å²) in [5, 5.41) is 5.12. The molecule has 10 heteroatoms. The Morgan fingerprint density at radius 1 is 1.15 bits per heavy atom. The maximum absolute atomic E-state index is 13.6. The Hall–Kier alpha value is -2.75. The van der Waals surface area contributed by atoms with E-state index in [9.17, 15) is 19.2 Å². The van der Waals surface area contributed by atoms with Crippen molar-refractivity contribution in [3.8, 4) is 0 Å². The van der Waals surface area contributed by atoms with Crippen LogP contribution in [0.2, 0.25) is 0 Å². The van der Waals surface area contributed by atoms with Gasteiger partial charge in [0.1, 0.15) is 24.2 Å². The predicted molar refractivity (Wildman–Crippen MR) is 126 cm³/mol. The normalized spacial score (nSPS) is 15.1. The Bertz CT molecular complexity index is 864. The molecule has 3 amide bonds. The van der Waals surface area contributed by atoms with Crippen molar-refractivity contribution in [3.63, 3.8) is 0 Å². The number of thiol groups is 1. The molecule has 2 unspecified atom stereocenters. The molecule has 1 aromatic rings. The first-order chi connectivity index (χ1) is 15.5. The van der Waals surface area contributed by atoms with Gasteiger partial charge < -0.3 is 25.0 Å². The van der Waals surface area contributed by atoms with Crippen molar-refractivity contribution in [2.75, 3.05) is 19.4 Å². The minimum atomic E-state index is -0.995. The number of esters is 1. The van der Waals surface area contributed by atoms with Crippen molar-refractivity contribution in [1.29, 1.82) is 0 Å². The second kappa shape index (κ2) is 11.4. The molecule has 2 atom stereocenters. The van der Waals surface area contributed by atoms with Gasteiger partial charge in [0.15, 0.2) is 0 Å². The fraction of sp³-hybridized carbons (Fsp3) is 0.565. The Morgan fingerprint density at radius 3 is 2.24 bits per heavy atom. The lowest BCUT2D eigenvalue weighted by molar-refractivity contribution is -0.145. The highest BCUT2D eigenvalue weighted by atomic mass is 32.1. The summed E-state index contributed by atoms with van der Waals surface area (Å²) in [5.41, 5.74) is 0.859. The number of ether oxygens (including phenoxy) is 2. The van der Waals surface area contributed by atoms with E-state index in [1.807, 2.05) is 19.1 Å². The number of nitrogens with one attached hydrogen (secondary N) is 2. The molecule has 0 saturated heterocycles. The third kappa shape index (κ3) is 7.96. The Balaban J connectivity index is 2.34. The zero-order chi connectivity index (χ0) is 24.8. The summed E-state index contributed by atoms with van der Waals surface area (Å²) in [4.78, 5) is 52.1. The molecule has 0 heterocycles. The molecular weight excluding hydrogens is 446 g/mol. The Labute approximate surface area is 200 Å². The number of hydrogen-bond donors (Lipinski definition) is 3. The topological polar surface area (TPSA) is 114 Å². The molecule has 1 aliphatic rings. The smallest absolute Gasteiger partial charge is 0.408 e. The molecule has 0 radical (unpaired) electrons. The van der Waals surface area contributed by atoms with Gasteiger partial charge in [-0.05, 0) is 46.1 Å². The molecule has 1 saturated carbocycles. The molecule has 0 bridgehead atoms. The number of aryl methyl sites for hydroxylation is 1. The van der Waals surface area contributed by atoms with Gasteiger partial charge in [0, 0.05) is 11.8 Å². The largest absolute Gasteiger partial charge is 0.468 e. The van der Waals surface area contributed by atoms with E-state index in [4.69, 9.17) is 4.74 Å². The molecule has 0 aliphatic heterocycles. The third-order valence-electron chi connectivity index (χ3n) is 4.92. The monoisotopic (exact) mass is 479 g/mol. The summed E-state index contributed by atoms with van der Waals surface area (Å²) in [7, 11) is 1.23. The molecule has 1 fully saturated rings. The molecule has 0 aromatic heterocycles. The van der Waals surface area contributed by atoms with Gasteiger partial charge in [0.25, 0.3) is 0 Å². The molecule has 0 spiro atoms. The molecule has 2 rings (SSSR count). The second-order valence-corrected chi connectivity index (χ2v) is 9.33. The average molecular weight is 480 g/mol. The number of rotatable bonds is 9. The quantitative estimate of drug-likeness (QED) is 0.369. The summed E-state index contributed by atoms with van der Waals surface area (Å²) in [6.45, 7) is 6.76. The Kier molecular flexibility index (Phi) is 9.16. The van der Waals surface area contributed by atoms with Gasteiger partial charge in [-0.2, -0.15) is 12.6 Å². The maximum atomic E-state index is 13.6. The number of nitrogens with zero attached hydrogens (tertiary/aromatic N) is 1. The standard InChI is InChI=1S/C23H33N3O6S/c1-14-6-8-15(9-7-14)19(20(28)24-12-18(27)31-5)26(16-10-11-16)21(29)17(13-33)25-22(30)32-23(2,3)4/h6-9,16-17,19,33H,10-13H2,1-5H3,(H,24,28)(H,25,30). The van der Waals surface area contributed by atoms with E-state index < -0.39 is 41.6 Å². The summed E-state index contributed by atoms with van der Waals surface area (Å²) in [6, 6.07) is 5.09. The zero-order valence-electron chi connectivity index (χ0n) is 19.7. The SMILES string of the molecule is COC(=O)CNC(=O)C(c1ccc(C)cc1)N(C(=O)C(CS)NC(=O)OC(C)(C)C)C1CC1. The van der Waals surface area contributed by atoms with Gasteiger partial charge in [0.2, 0.25) is 11.8 Å². The van der Waals surface area contributed by atoms with Crippen LogP contribution in [0.15, 0.2) is 24.3 Å². The summed E-state index contributed by atoms with van der Waals surface area (Å²) in [6.07, 6.45) is 0.710. The van der Waals surface area contributed by atoms with Crippen molar-refractivity contribution < 1.29 is 28.7 Å². The number of benzene rings is 1. The molecule has 182 valence electrons. The average Bonchev–Trinajstić information content (AvgIpc) is 3.58. The van der Waals surface area contributed by atoms with Crippen LogP contribution in [0.5, 0.6) is 0 Å². The van der Waals surface area contributed by atoms with Crippen LogP contribution in [0, 0.1) is 6.92 Å². The number of amides is 3. The minimum absolute atomic E-state index is 0.0195. The van der Waals surface area contributed by atoms with Crippen molar-refractivity contribution in [2.24, 2.45) is 0 Å². The molecule has 1 aliphatic carbocycles. The number of hydrogen-bond acceptors (Lipinski definition) is 7. The maximum Gasteiger partial charge on any atom is 0.408 e. The Morgan fingerprint density at radius 2 is 1.76 bits per heavy atom. The fourth-order valence-corrected chi connectivity index (χ4v) is 3.45. The van der Waals surface area contributed by atoms with Crippen LogP contribution >= 0.6 is 12.6 Å². The van der Waals surface area contributed by atoms with Crippen LogP contribution in [0.25, 0.3) is 0 Å². The molecule has 1 aromatic carbocycles. The highest BCUT2D eigenvalue weighted by Gasteiger charge is 2.43. The van der Waals surface area contributed by atoms with Crippen LogP contribution in [0.3, 0.4) is 0 Å². The molecule has 9 nitrogen and oxygen atoms in total. The number of carbonyl (C=O) groups excluding carboxylic acids is 4. The van der Waals surface area contributed by atoms with E-state index in [2.05, 4.69) is 28.0 Å². The van der Waals surface area contributed by atoms with Crippen molar-refractivity contribution in [3.05, 3.63) is 35.4 Å². The summed E-state index contributed by atoms with van der Waals surface area (Å²) in [5.74, 6) is -1.54. The van der Waals surface area contributed by atoms with Gasteiger partial charge in [-0.1, -0.05) is 29.8 Å². The van der Waals surface area contributed by atoms with E-state index in [1.165, 1.54) is 12.0 Å². The van der Waals surface area contributed by atoms with Gasteiger partial charge in [-0.3, -0.25) is 14.4 Å². The van der Waals surface area contributed by atoms with Crippen LogP contribution in [-0.2, 0) is 23.9 Å². The first kappa shape index (κ1) is 26.5. The lowest BCUT2D eigenvalue weighted by Crippen LogP contribution is -2.54. The van der Waals surface area contributed by atoms with Crippen LogP contribution < -0.4 is 10.6 Å². The lowest BCUT2D eigenvalue weighted by Gasteiger charge is -2.34. The van der Waals surface area contributed by atoms with E-state index in [0.29, 0.717) is 5.56 Å². The molecular formula is C23H33N3O6S. The second-order valence-electron chi connectivity index (χ2n) is 8.97. The first-order valence-electron chi connectivity index (χ1n) is 10.8. The van der Waals surface area contributed by atoms with Gasteiger partial charge in [-0.25, -0.2) is 4.79 Å². The van der Waals surface area contributed by atoms with Crippen molar-refractivity contribution in [1.82, 2.24) is 15.5 Å². The van der Waals surface area contributed by atoms with Gasteiger partial charge in [0.05, 0.1) is 7.11 Å². The summed E-state index contributed by atoms with van der Waals surface area (Å²) < 4.78 is 9.88. The van der Waals surface area contributed by atoms with Crippen LogP contribution in [-0.4, -0.2) is 65.9 Å². The van der Waals surface area contributed by atoms with E-state index in [1.54, 1.807) is 32.9 Å². The number of carbonyl (C=O) groups is 4. The predicted octanol–water partition coefficient (Wildman–Crippen LogP) is 2.14. The number of methoxy groups -OCH3 is 1. The van der Waals surface area contributed by atoms with Crippen molar-refractivity contribution in [2.45, 2.75) is 64.3 Å². The van der Waals surface area contributed by atoms with Crippen molar-refractivity contribution >= 4 is 36.5 Å².